The van der Waals surface area contributed by atoms with E-state index in [0.29, 0.717) is 21.7 Å². The van der Waals surface area contributed by atoms with Crippen molar-refractivity contribution in [1.29, 1.82) is 0 Å². The van der Waals surface area contributed by atoms with E-state index >= 15 is 0 Å². The third kappa shape index (κ3) is 5.60. The highest BCUT2D eigenvalue weighted by Gasteiger charge is 2.35. The highest BCUT2D eigenvalue weighted by molar-refractivity contribution is 7.74. The predicted octanol–water partition coefficient (Wildman–Crippen LogP) is 5.70. The van der Waals surface area contributed by atoms with Gasteiger partial charge in [0, 0.05) is 22.6 Å². The van der Waals surface area contributed by atoms with Crippen molar-refractivity contribution < 1.29 is 19.0 Å². The van der Waals surface area contributed by atoms with E-state index in [4.69, 9.17) is 4.52 Å². The largest absolute Gasteiger partial charge is 0.386 e. The molecule has 0 saturated carbocycles. The minimum atomic E-state index is -3.56. The fraction of sp³-hybridized carbons (Fsp3) is 0.138. The summed E-state index contributed by atoms with van der Waals surface area (Å²) in [6.07, 6.45) is -1.54. The maximum atomic E-state index is 14.5. The lowest BCUT2D eigenvalue weighted by molar-refractivity contribution is 0.0330. The molecule has 0 amide bonds. The van der Waals surface area contributed by atoms with E-state index in [9.17, 15) is 14.5 Å². The first kappa shape index (κ1) is 23.8. The van der Waals surface area contributed by atoms with Crippen LogP contribution in [0.4, 0.5) is 0 Å². The van der Waals surface area contributed by atoms with Crippen LogP contribution in [0.5, 0.6) is 0 Å². The minimum Gasteiger partial charge on any atom is -0.386 e. The number of aliphatic hydroxyl groups is 1. The van der Waals surface area contributed by atoms with Gasteiger partial charge in [-0.1, -0.05) is 97.1 Å². The molecular weight excluding hydrogens is 443 g/mol. The zero-order valence-electron chi connectivity index (χ0n) is 18.7. The first-order valence-electron chi connectivity index (χ1n) is 11.3. The number of carbonyl (C=O) groups excluding carboxylic acids is 1. The summed E-state index contributed by atoms with van der Waals surface area (Å²) >= 11 is 0. The number of hydrogen-bond acceptors (Lipinski definition) is 4. The topological polar surface area (TPSA) is 63.6 Å². The molecular formula is C29H27O4P. The Morgan fingerprint density at radius 2 is 1.15 bits per heavy atom. The Bertz CT molecular complexity index is 1180. The van der Waals surface area contributed by atoms with Crippen molar-refractivity contribution in [3.05, 3.63) is 132 Å². The molecule has 0 saturated heterocycles. The summed E-state index contributed by atoms with van der Waals surface area (Å²) in [5.41, 5.74) is 1.25. The van der Waals surface area contributed by atoms with Crippen LogP contribution >= 0.6 is 7.37 Å². The fourth-order valence-electron chi connectivity index (χ4n) is 3.88. The Kier molecular flexibility index (Phi) is 7.87. The van der Waals surface area contributed by atoms with Crippen molar-refractivity contribution in [3.8, 4) is 0 Å². The van der Waals surface area contributed by atoms with Crippen LogP contribution in [0.2, 0.25) is 0 Å². The van der Waals surface area contributed by atoms with Crippen LogP contribution < -0.4 is 10.6 Å². The fourth-order valence-corrected chi connectivity index (χ4v) is 6.16. The van der Waals surface area contributed by atoms with Crippen molar-refractivity contribution in [2.24, 2.45) is 0 Å². The van der Waals surface area contributed by atoms with Crippen LogP contribution in [0.15, 0.2) is 121 Å². The highest BCUT2D eigenvalue weighted by atomic mass is 31.2. The van der Waals surface area contributed by atoms with E-state index in [1.807, 2.05) is 72.8 Å². The molecule has 4 nitrogen and oxygen atoms in total. The molecule has 1 N–H and O–H groups in total. The zero-order chi connectivity index (χ0) is 23.8. The zero-order valence-corrected chi connectivity index (χ0v) is 19.6. The highest BCUT2D eigenvalue weighted by Crippen LogP contribution is 2.48. The number of rotatable bonds is 10. The van der Waals surface area contributed by atoms with Crippen LogP contribution in [0.3, 0.4) is 0 Å². The molecule has 0 unspecified atom stereocenters. The van der Waals surface area contributed by atoms with Gasteiger partial charge in [0.1, 0.15) is 6.10 Å². The standard InChI is InChI=1S/C29H27O4P/c30-27(23-13-5-1-6-14-23)21-22-28(29(31)24-15-7-2-8-16-24)33-34(32,25-17-9-3-10-18-25)26-19-11-4-12-20-26/h1-20,28-29,31H,21-22H2/t28-,29-/m0/s1. The Labute approximate surface area is 200 Å². The second kappa shape index (κ2) is 11.2. The average molecular weight is 471 g/mol. The first-order chi connectivity index (χ1) is 16.6. The van der Waals surface area contributed by atoms with Gasteiger partial charge in [-0.15, -0.1) is 0 Å². The molecule has 0 aromatic heterocycles. The van der Waals surface area contributed by atoms with Gasteiger partial charge in [-0.25, -0.2) is 0 Å². The SMILES string of the molecule is O=C(CC[C@H](OP(=O)(c1ccccc1)c1ccccc1)[C@@H](O)c1ccccc1)c1ccccc1. The summed E-state index contributed by atoms with van der Waals surface area (Å²) in [7, 11) is -3.56. The average Bonchev–Trinajstić information content (AvgIpc) is 2.92. The molecule has 0 spiro atoms. The Morgan fingerprint density at radius 3 is 1.65 bits per heavy atom. The lowest BCUT2D eigenvalue weighted by atomic mass is 9.98. The maximum absolute atomic E-state index is 14.5. The van der Waals surface area contributed by atoms with Crippen LogP contribution in [-0.4, -0.2) is 17.0 Å². The van der Waals surface area contributed by atoms with E-state index in [1.54, 1.807) is 48.5 Å². The molecule has 2 atom stereocenters. The Morgan fingerprint density at radius 1 is 0.706 bits per heavy atom. The first-order valence-corrected chi connectivity index (χ1v) is 12.9. The smallest absolute Gasteiger partial charge is 0.261 e. The van der Waals surface area contributed by atoms with Crippen molar-refractivity contribution >= 4 is 23.8 Å². The van der Waals surface area contributed by atoms with E-state index in [1.165, 1.54) is 0 Å². The van der Waals surface area contributed by atoms with Crippen LogP contribution in [0, 0.1) is 0 Å². The second-order valence-corrected chi connectivity index (χ2v) is 10.4. The molecule has 0 aliphatic heterocycles. The summed E-state index contributed by atoms with van der Waals surface area (Å²) in [6, 6.07) is 36.2. The molecule has 172 valence electrons. The summed E-state index contributed by atoms with van der Waals surface area (Å²) in [5.74, 6) is -0.0521. The van der Waals surface area contributed by atoms with Crippen molar-refractivity contribution in [1.82, 2.24) is 0 Å². The third-order valence-electron chi connectivity index (χ3n) is 5.72. The molecule has 0 aliphatic rings. The van der Waals surface area contributed by atoms with E-state index in [0.717, 1.165) is 0 Å². The number of hydrogen-bond donors (Lipinski definition) is 1. The quantitative estimate of drug-likeness (QED) is 0.239. The van der Waals surface area contributed by atoms with Gasteiger partial charge >= 0.3 is 0 Å². The Balaban J connectivity index is 1.68. The third-order valence-corrected chi connectivity index (χ3v) is 8.24. The number of aliphatic hydroxyl groups excluding tert-OH is 1. The van der Waals surface area contributed by atoms with E-state index in [2.05, 4.69) is 0 Å². The van der Waals surface area contributed by atoms with E-state index in [-0.39, 0.29) is 18.6 Å². The molecule has 0 aliphatic carbocycles. The van der Waals surface area contributed by atoms with Gasteiger partial charge in [0.05, 0.1) is 6.10 Å². The summed E-state index contributed by atoms with van der Waals surface area (Å²) in [4.78, 5) is 12.8. The van der Waals surface area contributed by atoms with Crippen LogP contribution in [-0.2, 0) is 9.09 Å². The van der Waals surface area contributed by atoms with Gasteiger partial charge in [0.15, 0.2) is 5.78 Å². The lowest BCUT2D eigenvalue weighted by Gasteiger charge is -2.29. The number of carbonyl (C=O) groups is 1. The summed E-state index contributed by atoms with van der Waals surface area (Å²) < 4.78 is 20.8. The normalized spacial score (nSPS) is 13.2. The molecule has 0 radical (unpaired) electrons. The van der Waals surface area contributed by atoms with Gasteiger partial charge in [0.25, 0.3) is 7.37 Å². The van der Waals surface area contributed by atoms with Crippen LogP contribution in [0.1, 0.15) is 34.9 Å². The van der Waals surface area contributed by atoms with Gasteiger partial charge in [-0.3, -0.25) is 9.36 Å². The maximum Gasteiger partial charge on any atom is 0.261 e. The molecule has 4 rings (SSSR count). The van der Waals surface area contributed by atoms with Crippen LogP contribution in [0.25, 0.3) is 0 Å². The molecule has 5 heteroatoms. The molecule has 0 fully saturated rings. The van der Waals surface area contributed by atoms with Gasteiger partial charge in [0.2, 0.25) is 0 Å². The lowest BCUT2D eigenvalue weighted by Crippen LogP contribution is -2.28. The summed E-state index contributed by atoms with van der Waals surface area (Å²) in [6.45, 7) is 0. The number of ketones is 1. The van der Waals surface area contributed by atoms with Gasteiger partial charge < -0.3 is 9.63 Å². The van der Waals surface area contributed by atoms with Gasteiger partial charge in [-0.2, -0.15) is 0 Å². The predicted molar refractivity (Wildman–Crippen MR) is 136 cm³/mol. The monoisotopic (exact) mass is 470 g/mol. The molecule has 4 aromatic carbocycles. The number of Topliss-reactive ketones (excluding diaryl/α,β-unsaturated/α-hetero) is 1. The second-order valence-electron chi connectivity index (χ2n) is 8.05. The van der Waals surface area contributed by atoms with Gasteiger partial charge in [-0.05, 0) is 36.2 Å². The molecule has 0 bridgehead atoms. The summed E-state index contributed by atoms with van der Waals surface area (Å²) in [5, 5.41) is 12.3. The molecule has 4 aromatic rings. The molecule has 34 heavy (non-hydrogen) atoms. The van der Waals surface area contributed by atoms with E-state index < -0.39 is 19.6 Å². The minimum absolute atomic E-state index is 0.0521. The number of benzene rings is 4. The Hall–Kier alpha value is -3.30. The van der Waals surface area contributed by atoms with Crippen molar-refractivity contribution in [2.45, 2.75) is 25.0 Å². The molecule has 0 heterocycles. The van der Waals surface area contributed by atoms with Crippen molar-refractivity contribution in [2.75, 3.05) is 0 Å². The van der Waals surface area contributed by atoms with Crippen molar-refractivity contribution in [3.63, 3.8) is 0 Å².